The van der Waals surface area contributed by atoms with E-state index < -0.39 is 0 Å². The summed E-state index contributed by atoms with van der Waals surface area (Å²) in [7, 11) is 0. The van der Waals surface area contributed by atoms with Crippen LogP contribution >= 0.6 is 11.6 Å². The molecule has 0 bridgehead atoms. The number of nitriles is 1. The number of hydrogen-bond donors (Lipinski definition) is 0. The smallest absolute Gasteiger partial charge is 0.101 e. The Hall–Kier alpha value is -1.00. The molecule has 0 heterocycles. The second-order valence-electron chi connectivity index (χ2n) is 3.56. The molecule has 0 amide bonds. The maximum Gasteiger partial charge on any atom is 0.101 e. The molecule has 0 fully saturated rings. The molecule has 0 saturated carbocycles. The number of benzene rings is 1. The zero-order valence-corrected chi connectivity index (χ0v) is 9.52. The van der Waals surface area contributed by atoms with Crippen molar-refractivity contribution in [2.45, 2.75) is 33.1 Å². The van der Waals surface area contributed by atoms with Crippen LogP contribution in [0.1, 0.15) is 42.9 Å². The van der Waals surface area contributed by atoms with E-state index in [0.29, 0.717) is 16.5 Å². The molecule has 0 saturated heterocycles. The summed E-state index contributed by atoms with van der Waals surface area (Å²) in [5.74, 6) is 0.500. The van der Waals surface area contributed by atoms with Crippen LogP contribution in [-0.4, -0.2) is 0 Å². The first-order chi connectivity index (χ1) is 6.61. The Balaban J connectivity index is 3.25. The fourth-order valence-electron chi connectivity index (χ4n) is 1.54. The maximum absolute atomic E-state index is 8.80. The van der Waals surface area contributed by atoms with E-state index in [4.69, 9.17) is 16.9 Å². The molecular weight excluding hydrogens is 194 g/mol. The Morgan fingerprint density at radius 1 is 1.50 bits per heavy atom. The van der Waals surface area contributed by atoms with Crippen molar-refractivity contribution >= 4 is 11.6 Å². The highest BCUT2D eigenvalue weighted by molar-refractivity contribution is 6.32. The average Bonchev–Trinajstić information content (AvgIpc) is 2.21. The van der Waals surface area contributed by atoms with Crippen LogP contribution in [0.4, 0.5) is 0 Å². The lowest BCUT2D eigenvalue weighted by Crippen LogP contribution is -1.96. The summed E-state index contributed by atoms with van der Waals surface area (Å²) in [6, 6.07) is 5.90. The van der Waals surface area contributed by atoms with Crippen LogP contribution < -0.4 is 0 Å². The fourth-order valence-corrected chi connectivity index (χ4v) is 1.75. The number of halogens is 1. The number of rotatable bonds is 2. The van der Waals surface area contributed by atoms with Gasteiger partial charge in [-0.2, -0.15) is 5.26 Å². The molecule has 1 aromatic carbocycles. The van der Waals surface area contributed by atoms with Crippen LogP contribution in [0.5, 0.6) is 0 Å². The molecule has 1 unspecified atom stereocenters. The predicted molar refractivity (Wildman–Crippen MR) is 59.6 cm³/mol. The third-order valence-corrected chi connectivity index (χ3v) is 3.18. The monoisotopic (exact) mass is 207 g/mol. The second-order valence-corrected chi connectivity index (χ2v) is 3.94. The van der Waals surface area contributed by atoms with Crippen LogP contribution in [0.2, 0.25) is 5.02 Å². The number of hydrogen-bond acceptors (Lipinski definition) is 1. The molecule has 0 aliphatic heterocycles. The zero-order valence-electron chi connectivity index (χ0n) is 8.76. The van der Waals surface area contributed by atoms with Gasteiger partial charge in [0.15, 0.2) is 0 Å². The molecule has 1 rings (SSSR count). The number of nitrogens with zero attached hydrogens (tertiary/aromatic N) is 1. The minimum absolute atomic E-state index is 0.500. The second kappa shape index (κ2) is 4.48. The Kier molecular flexibility index (Phi) is 3.55. The Labute approximate surface area is 90.3 Å². The molecule has 1 nitrogen and oxygen atoms in total. The zero-order chi connectivity index (χ0) is 10.7. The summed E-state index contributed by atoms with van der Waals surface area (Å²) < 4.78 is 0. The predicted octanol–water partition coefficient (Wildman–Crippen LogP) is 4.03. The molecule has 0 radical (unpaired) electrons. The quantitative estimate of drug-likeness (QED) is 0.718. The van der Waals surface area contributed by atoms with E-state index in [2.05, 4.69) is 19.9 Å². The molecule has 0 aliphatic rings. The highest BCUT2D eigenvalue weighted by Gasteiger charge is 2.11. The highest BCUT2D eigenvalue weighted by atomic mass is 35.5. The minimum atomic E-state index is 0.500. The van der Waals surface area contributed by atoms with Gasteiger partial charge in [-0.1, -0.05) is 31.5 Å². The van der Waals surface area contributed by atoms with Crippen molar-refractivity contribution in [3.8, 4) is 6.07 Å². The van der Waals surface area contributed by atoms with Gasteiger partial charge in [0.25, 0.3) is 0 Å². The molecule has 1 aromatic rings. The maximum atomic E-state index is 8.80. The van der Waals surface area contributed by atoms with Crippen LogP contribution in [0.25, 0.3) is 0 Å². The van der Waals surface area contributed by atoms with Crippen LogP contribution in [-0.2, 0) is 0 Å². The molecule has 14 heavy (non-hydrogen) atoms. The van der Waals surface area contributed by atoms with Gasteiger partial charge in [-0.25, -0.2) is 0 Å². The lowest BCUT2D eigenvalue weighted by molar-refractivity contribution is 0.728. The summed E-state index contributed by atoms with van der Waals surface area (Å²) in [5, 5.41) is 9.40. The summed E-state index contributed by atoms with van der Waals surface area (Å²) in [6.45, 7) is 6.30. The van der Waals surface area contributed by atoms with E-state index in [1.807, 2.05) is 13.0 Å². The lowest BCUT2D eigenvalue weighted by atomic mass is 9.93. The SMILES string of the molecule is CCC(C)c1ccc(C#N)c(Cl)c1C. The molecule has 0 aromatic heterocycles. The van der Waals surface area contributed by atoms with Gasteiger partial charge in [0.2, 0.25) is 0 Å². The van der Waals surface area contributed by atoms with Crippen molar-refractivity contribution in [2.24, 2.45) is 0 Å². The normalized spacial score (nSPS) is 12.2. The van der Waals surface area contributed by atoms with Gasteiger partial charge in [-0.3, -0.25) is 0 Å². The molecular formula is C12H14ClN. The van der Waals surface area contributed by atoms with Crippen molar-refractivity contribution in [3.63, 3.8) is 0 Å². The lowest BCUT2D eigenvalue weighted by Gasteiger charge is -2.14. The molecule has 2 heteroatoms. The van der Waals surface area contributed by atoms with Crippen molar-refractivity contribution in [3.05, 3.63) is 33.8 Å². The topological polar surface area (TPSA) is 23.8 Å². The Morgan fingerprint density at radius 2 is 2.14 bits per heavy atom. The molecule has 1 atom stereocenters. The fraction of sp³-hybridized carbons (Fsp3) is 0.417. The Morgan fingerprint density at radius 3 is 2.64 bits per heavy atom. The van der Waals surface area contributed by atoms with Crippen LogP contribution in [0.3, 0.4) is 0 Å². The summed E-state index contributed by atoms with van der Waals surface area (Å²) in [5.41, 5.74) is 2.85. The van der Waals surface area contributed by atoms with Crippen molar-refractivity contribution < 1.29 is 0 Å². The van der Waals surface area contributed by atoms with Crippen LogP contribution in [0, 0.1) is 18.3 Å². The molecule has 0 spiro atoms. The standard InChI is InChI=1S/C12H14ClN/c1-4-8(2)11-6-5-10(7-14)12(13)9(11)3/h5-6,8H,4H2,1-3H3. The van der Waals surface area contributed by atoms with Crippen molar-refractivity contribution in [2.75, 3.05) is 0 Å². The largest absolute Gasteiger partial charge is 0.192 e. The van der Waals surface area contributed by atoms with E-state index in [-0.39, 0.29) is 0 Å². The third-order valence-electron chi connectivity index (χ3n) is 2.69. The van der Waals surface area contributed by atoms with E-state index in [9.17, 15) is 0 Å². The molecule has 74 valence electrons. The first-order valence-corrected chi connectivity index (χ1v) is 5.18. The third kappa shape index (κ3) is 1.91. The van der Waals surface area contributed by atoms with Gasteiger partial charge in [0.05, 0.1) is 10.6 Å². The van der Waals surface area contributed by atoms with Gasteiger partial charge in [0, 0.05) is 0 Å². The van der Waals surface area contributed by atoms with E-state index in [1.165, 1.54) is 5.56 Å². The van der Waals surface area contributed by atoms with Crippen molar-refractivity contribution in [1.82, 2.24) is 0 Å². The van der Waals surface area contributed by atoms with E-state index in [0.717, 1.165) is 12.0 Å². The summed E-state index contributed by atoms with van der Waals surface area (Å²) in [4.78, 5) is 0. The van der Waals surface area contributed by atoms with Crippen LogP contribution in [0.15, 0.2) is 12.1 Å². The Bertz CT molecular complexity index is 377. The van der Waals surface area contributed by atoms with E-state index >= 15 is 0 Å². The first-order valence-electron chi connectivity index (χ1n) is 4.80. The van der Waals surface area contributed by atoms with Gasteiger partial charge in [-0.15, -0.1) is 0 Å². The van der Waals surface area contributed by atoms with Gasteiger partial charge in [0.1, 0.15) is 6.07 Å². The van der Waals surface area contributed by atoms with Gasteiger partial charge >= 0.3 is 0 Å². The van der Waals surface area contributed by atoms with Crippen molar-refractivity contribution in [1.29, 1.82) is 5.26 Å². The van der Waals surface area contributed by atoms with Gasteiger partial charge in [-0.05, 0) is 36.5 Å². The van der Waals surface area contributed by atoms with Gasteiger partial charge < -0.3 is 0 Å². The minimum Gasteiger partial charge on any atom is -0.192 e. The molecule has 0 N–H and O–H groups in total. The van der Waals surface area contributed by atoms with E-state index in [1.54, 1.807) is 6.07 Å². The molecule has 0 aliphatic carbocycles. The first kappa shape index (κ1) is 11.1. The highest BCUT2D eigenvalue weighted by Crippen LogP contribution is 2.29. The summed E-state index contributed by atoms with van der Waals surface area (Å²) in [6.07, 6.45) is 1.09. The average molecular weight is 208 g/mol. The summed E-state index contributed by atoms with van der Waals surface area (Å²) >= 11 is 6.08.